The Kier molecular flexibility index (Phi) is 7.78. The second-order valence-electron chi connectivity index (χ2n) is 1.78. The first-order chi connectivity index (χ1) is 3.41. The molecule has 0 rings (SSSR count). The van der Waals surface area contributed by atoms with Crippen LogP contribution in [-0.4, -0.2) is 3.01 Å². The summed E-state index contributed by atoms with van der Waals surface area (Å²) in [6.45, 7) is 2.19. The van der Waals surface area contributed by atoms with Crippen LogP contribution in [0.15, 0.2) is 0 Å². The maximum atomic E-state index is 8.52. The van der Waals surface area contributed by atoms with Gasteiger partial charge >= 0.3 is 58.2 Å². The molecule has 40 valence electrons. The monoisotopic (exact) mass is 290 g/mol. The van der Waals surface area contributed by atoms with Crippen molar-refractivity contribution in [3.8, 4) is 0 Å². The number of hydrogen-bond acceptors (Lipinski definition) is 1. The van der Waals surface area contributed by atoms with Crippen LogP contribution in [0.3, 0.4) is 0 Å². The van der Waals surface area contributed by atoms with E-state index in [2.05, 4.69) is 6.92 Å². The summed E-state index contributed by atoms with van der Waals surface area (Å²) in [5.41, 5.74) is 0. The van der Waals surface area contributed by atoms with Gasteiger partial charge in [0.25, 0.3) is 0 Å². The minimum atomic E-state index is -1.19. The first-order valence-corrected chi connectivity index (χ1v) is 9.37. The van der Waals surface area contributed by atoms with Crippen molar-refractivity contribution in [2.75, 3.05) is 0 Å². The third kappa shape index (κ3) is 6.90. The van der Waals surface area contributed by atoms with Crippen molar-refractivity contribution in [2.24, 2.45) is 0 Å². The van der Waals surface area contributed by atoms with Crippen molar-refractivity contribution in [1.82, 2.24) is 0 Å². The van der Waals surface area contributed by atoms with Crippen LogP contribution < -0.4 is 0 Å². The molecule has 0 aliphatic carbocycles. The van der Waals surface area contributed by atoms with Crippen molar-refractivity contribution >= 4 is 0 Å². The molecule has 0 aliphatic rings. The molecule has 0 atom stereocenters. The van der Waals surface area contributed by atoms with E-state index in [4.69, 9.17) is 3.01 Å². The minimum absolute atomic E-state index is 1.19. The van der Waals surface area contributed by atoms with E-state index in [-0.39, 0.29) is 0 Å². The summed E-state index contributed by atoms with van der Waals surface area (Å²) < 4.78 is 9.72. The van der Waals surface area contributed by atoms with Crippen molar-refractivity contribution < 1.29 is 28.0 Å². The van der Waals surface area contributed by atoms with Crippen molar-refractivity contribution in [3.05, 3.63) is 0 Å². The fraction of sp³-hybridized carbons (Fsp3) is 1.00. The van der Waals surface area contributed by atoms with Crippen LogP contribution in [-0.2, 0) is 25.0 Å². The zero-order chi connectivity index (χ0) is 5.54. The van der Waals surface area contributed by atoms with Crippen molar-refractivity contribution in [2.45, 2.75) is 30.1 Å². The van der Waals surface area contributed by atoms with Crippen LogP contribution in [0.4, 0.5) is 0 Å². The third-order valence-corrected chi connectivity index (χ3v) is 4.18. The van der Waals surface area contributed by atoms with E-state index in [1.807, 2.05) is 0 Å². The van der Waals surface area contributed by atoms with E-state index in [1.54, 1.807) is 0 Å². The van der Waals surface area contributed by atoms with Crippen molar-refractivity contribution in [3.63, 3.8) is 0 Å². The van der Waals surface area contributed by atoms with E-state index in [0.717, 1.165) is 0 Å². The Bertz CT molecular complexity index is 27.3. The average molecular weight is 289 g/mol. The first kappa shape index (κ1) is 7.90. The SMILES string of the molecule is CCCC[CH2][Hg][OH]. The quantitative estimate of drug-likeness (QED) is 0.615. The molecule has 0 unspecified atom stereocenters. The Morgan fingerprint density at radius 3 is 2.57 bits per heavy atom. The average Bonchev–Trinajstić information content (AvgIpc) is 1.69. The van der Waals surface area contributed by atoms with Gasteiger partial charge in [0.2, 0.25) is 0 Å². The normalized spacial score (nSPS) is 8.29. The third-order valence-electron chi connectivity index (χ3n) is 1.01. The van der Waals surface area contributed by atoms with Crippen LogP contribution in [0.5, 0.6) is 0 Å². The molecule has 1 nitrogen and oxygen atoms in total. The van der Waals surface area contributed by atoms with Crippen LogP contribution in [0.1, 0.15) is 26.2 Å². The van der Waals surface area contributed by atoms with Gasteiger partial charge in [-0.15, -0.1) is 0 Å². The Morgan fingerprint density at radius 1 is 1.43 bits per heavy atom. The summed E-state index contributed by atoms with van der Waals surface area (Å²) in [7, 11) is 0. The van der Waals surface area contributed by atoms with Crippen LogP contribution in [0.25, 0.3) is 0 Å². The standard InChI is InChI=1S/C5H11.Hg.H2O/c1-3-5-4-2;;/h1,3-5H2,2H3;;1H2/q;+1;/p-1. The molecular formula is C5H12HgO. The second-order valence-corrected chi connectivity index (χ2v) is 6.27. The summed E-state index contributed by atoms with van der Waals surface area (Å²) in [5.74, 6) is 0. The number of unbranched alkanes of at least 4 members (excludes halogenated alkanes) is 2. The molecule has 0 aliphatic heterocycles. The van der Waals surface area contributed by atoms with E-state index < -0.39 is 25.0 Å². The molecule has 0 aromatic carbocycles. The molecule has 2 heteroatoms. The molecule has 0 saturated carbocycles. The Labute approximate surface area is 58.2 Å². The van der Waals surface area contributed by atoms with Gasteiger partial charge < -0.3 is 0 Å². The fourth-order valence-corrected chi connectivity index (χ4v) is 2.78. The van der Waals surface area contributed by atoms with Gasteiger partial charge in [-0.05, 0) is 0 Å². The zero-order valence-corrected chi connectivity index (χ0v) is 10.5. The molecule has 7 heavy (non-hydrogen) atoms. The van der Waals surface area contributed by atoms with Gasteiger partial charge in [-0.2, -0.15) is 0 Å². The topological polar surface area (TPSA) is 20.2 Å². The maximum absolute atomic E-state index is 8.52. The number of rotatable bonds is 4. The molecule has 0 spiro atoms. The van der Waals surface area contributed by atoms with E-state index in [9.17, 15) is 0 Å². The molecule has 0 bridgehead atoms. The molecule has 0 radical (unpaired) electrons. The van der Waals surface area contributed by atoms with E-state index in [0.29, 0.717) is 0 Å². The molecular weight excluding hydrogens is 277 g/mol. The Morgan fingerprint density at radius 2 is 2.14 bits per heavy atom. The second kappa shape index (κ2) is 6.90. The Hall–Kier alpha value is 0.895. The molecule has 0 aromatic heterocycles. The van der Waals surface area contributed by atoms with Gasteiger partial charge in [0, 0.05) is 0 Å². The molecule has 0 saturated heterocycles. The number of hydrogen-bond donors (Lipinski definition) is 1. The molecule has 0 amide bonds. The summed E-state index contributed by atoms with van der Waals surface area (Å²) in [5, 5.41) is 0. The van der Waals surface area contributed by atoms with E-state index in [1.165, 1.54) is 23.2 Å². The van der Waals surface area contributed by atoms with Crippen molar-refractivity contribution in [1.29, 1.82) is 0 Å². The summed E-state index contributed by atoms with van der Waals surface area (Å²) >= 11 is -1.19. The first-order valence-electron chi connectivity index (χ1n) is 3.02. The molecule has 1 N–H and O–H groups in total. The van der Waals surface area contributed by atoms with E-state index >= 15 is 0 Å². The van der Waals surface area contributed by atoms with Gasteiger partial charge in [-0.1, -0.05) is 0 Å². The molecule has 0 aromatic rings. The fourth-order valence-electron chi connectivity index (χ4n) is 0.539. The predicted octanol–water partition coefficient (Wildman–Crippen LogP) is 1.58. The summed E-state index contributed by atoms with van der Waals surface area (Å²) in [6, 6.07) is 0. The van der Waals surface area contributed by atoms with Gasteiger partial charge in [-0.3, -0.25) is 0 Å². The molecule has 0 fully saturated rings. The van der Waals surface area contributed by atoms with Crippen LogP contribution >= 0.6 is 0 Å². The molecule has 0 heterocycles. The van der Waals surface area contributed by atoms with Crippen LogP contribution in [0.2, 0.25) is 3.93 Å². The van der Waals surface area contributed by atoms with Gasteiger partial charge in [0.1, 0.15) is 0 Å². The van der Waals surface area contributed by atoms with Gasteiger partial charge in [0.15, 0.2) is 0 Å². The van der Waals surface area contributed by atoms with Crippen LogP contribution in [0, 0.1) is 0 Å². The predicted molar refractivity (Wildman–Crippen MR) is 26.6 cm³/mol. The van der Waals surface area contributed by atoms with Gasteiger partial charge in [-0.25, -0.2) is 0 Å². The van der Waals surface area contributed by atoms with Gasteiger partial charge in [0.05, 0.1) is 0 Å². The summed E-state index contributed by atoms with van der Waals surface area (Å²) in [6.07, 6.45) is 3.89. The zero-order valence-electron chi connectivity index (χ0n) is 4.98. The summed E-state index contributed by atoms with van der Waals surface area (Å²) in [4.78, 5) is 0. The Balaban J connectivity index is 2.45.